The van der Waals surface area contributed by atoms with E-state index in [2.05, 4.69) is 19.2 Å². The van der Waals surface area contributed by atoms with Crippen LogP contribution in [0.2, 0.25) is 0 Å². The first-order chi connectivity index (χ1) is 7.25. The summed E-state index contributed by atoms with van der Waals surface area (Å²) in [6.45, 7) is 6.92. The molecule has 0 aromatic carbocycles. The fourth-order valence-corrected chi connectivity index (χ4v) is 2.76. The van der Waals surface area contributed by atoms with Crippen molar-refractivity contribution < 1.29 is 4.74 Å². The SMILES string of the molecule is CC1CCC(OC2CNCCC2C)CC1. The van der Waals surface area contributed by atoms with Crippen molar-refractivity contribution in [2.75, 3.05) is 13.1 Å². The molecule has 15 heavy (non-hydrogen) atoms. The van der Waals surface area contributed by atoms with E-state index in [4.69, 9.17) is 4.74 Å². The van der Waals surface area contributed by atoms with Gasteiger partial charge in [-0.05, 0) is 50.5 Å². The van der Waals surface area contributed by atoms with Gasteiger partial charge in [-0.3, -0.25) is 0 Å². The lowest BCUT2D eigenvalue weighted by molar-refractivity contribution is -0.0656. The van der Waals surface area contributed by atoms with Crippen molar-refractivity contribution >= 4 is 0 Å². The number of nitrogens with one attached hydrogen (secondary N) is 1. The maximum atomic E-state index is 6.23. The Morgan fingerprint density at radius 1 is 1.00 bits per heavy atom. The Morgan fingerprint density at radius 3 is 2.40 bits per heavy atom. The lowest BCUT2D eigenvalue weighted by atomic mass is 9.88. The van der Waals surface area contributed by atoms with E-state index in [9.17, 15) is 0 Å². The minimum absolute atomic E-state index is 0.470. The van der Waals surface area contributed by atoms with Crippen molar-refractivity contribution in [2.24, 2.45) is 11.8 Å². The van der Waals surface area contributed by atoms with Crippen molar-refractivity contribution in [3.63, 3.8) is 0 Å². The molecule has 0 aromatic heterocycles. The highest BCUT2D eigenvalue weighted by Gasteiger charge is 2.26. The third-order valence-electron chi connectivity index (χ3n) is 4.09. The molecule has 2 atom stereocenters. The van der Waals surface area contributed by atoms with Gasteiger partial charge in [0.15, 0.2) is 0 Å². The van der Waals surface area contributed by atoms with E-state index in [1.165, 1.54) is 38.6 Å². The van der Waals surface area contributed by atoms with E-state index >= 15 is 0 Å². The van der Waals surface area contributed by atoms with Gasteiger partial charge in [0, 0.05) is 6.54 Å². The van der Waals surface area contributed by atoms with E-state index in [0.29, 0.717) is 12.2 Å². The maximum absolute atomic E-state index is 6.23. The molecule has 1 saturated carbocycles. The smallest absolute Gasteiger partial charge is 0.0729 e. The van der Waals surface area contributed by atoms with Crippen molar-refractivity contribution in [2.45, 2.75) is 58.2 Å². The normalized spacial score (nSPS) is 42.8. The summed E-state index contributed by atoms with van der Waals surface area (Å²) < 4.78 is 6.23. The van der Waals surface area contributed by atoms with Gasteiger partial charge < -0.3 is 10.1 Å². The van der Waals surface area contributed by atoms with Crippen molar-refractivity contribution in [3.8, 4) is 0 Å². The van der Waals surface area contributed by atoms with Gasteiger partial charge in [0.2, 0.25) is 0 Å². The quantitative estimate of drug-likeness (QED) is 0.758. The minimum Gasteiger partial charge on any atom is -0.373 e. The first-order valence-corrected chi connectivity index (χ1v) is 6.62. The highest BCUT2D eigenvalue weighted by molar-refractivity contribution is 4.79. The number of hydrogen-bond donors (Lipinski definition) is 1. The largest absolute Gasteiger partial charge is 0.373 e. The van der Waals surface area contributed by atoms with Gasteiger partial charge in [0.05, 0.1) is 12.2 Å². The molecule has 2 rings (SSSR count). The topological polar surface area (TPSA) is 21.3 Å². The molecule has 2 fully saturated rings. The number of piperidine rings is 1. The summed E-state index contributed by atoms with van der Waals surface area (Å²) in [4.78, 5) is 0. The summed E-state index contributed by atoms with van der Waals surface area (Å²) in [5.41, 5.74) is 0. The van der Waals surface area contributed by atoms with Gasteiger partial charge in [0.25, 0.3) is 0 Å². The molecule has 1 aliphatic heterocycles. The average Bonchev–Trinajstić information content (AvgIpc) is 2.25. The first-order valence-electron chi connectivity index (χ1n) is 6.62. The van der Waals surface area contributed by atoms with Crippen LogP contribution in [0.1, 0.15) is 46.0 Å². The standard InChI is InChI=1S/C13H25NO/c1-10-3-5-12(6-4-10)15-13-9-14-8-7-11(13)2/h10-14H,3-9H2,1-2H3. The molecular formula is C13H25NO. The molecule has 0 amide bonds. The molecular weight excluding hydrogens is 186 g/mol. The molecule has 1 aliphatic carbocycles. The van der Waals surface area contributed by atoms with Gasteiger partial charge in [0.1, 0.15) is 0 Å². The third kappa shape index (κ3) is 3.18. The van der Waals surface area contributed by atoms with E-state index in [1.807, 2.05) is 0 Å². The Bertz CT molecular complexity index is 187. The predicted molar refractivity (Wildman–Crippen MR) is 62.9 cm³/mol. The summed E-state index contributed by atoms with van der Waals surface area (Å²) in [6.07, 6.45) is 7.58. The summed E-state index contributed by atoms with van der Waals surface area (Å²) in [6, 6.07) is 0. The van der Waals surface area contributed by atoms with Crippen molar-refractivity contribution in [3.05, 3.63) is 0 Å². The summed E-state index contributed by atoms with van der Waals surface area (Å²) in [5.74, 6) is 1.66. The molecule has 0 radical (unpaired) electrons. The van der Waals surface area contributed by atoms with E-state index in [0.717, 1.165) is 18.4 Å². The van der Waals surface area contributed by atoms with Gasteiger partial charge in [-0.1, -0.05) is 13.8 Å². The van der Waals surface area contributed by atoms with Gasteiger partial charge in [-0.15, -0.1) is 0 Å². The number of hydrogen-bond acceptors (Lipinski definition) is 2. The second-order valence-electron chi connectivity index (χ2n) is 5.53. The monoisotopic (exact) mass is 211 g/mol. The Balaban J connectivity index is 1.75. The molecule has 2 heteroatoms. The Kier molecular flexibility index (Phi) is 4.04. The Morgan fingerprint density at radius 2 is 1.73 bits per heavy atom. The minimum atomic E-state index is 0.470. The third-order valence-corrected chi connectivity index (χ3v) is 4.09. The molecule has 2 unspecified atom stereocenters. The summed E-state index contributed by atoms with van der Waals surface area (Å²) >= 11 is 0. The van der Waals surface area contributed by atoms with Gasteiger partial charge in [-0.2, -0.15) is 0 Å². The van der Waals surface area contributed by atoms with Crippen LogP contribution in [0.4, 0.5) is 0 Å². The van der Waals surface area contributed by atoms with E-state index in [1.54, 1.807) is 0 Å². The molecule has 2 aliphatic rings. The first kappa shape index (κ1) is 11.4. The number of ether oxygens (including phenoxy) is 1. The van der Waals surface area contributed by atoms with Crippen LogP contribution in [0.3, 0.4) is 0 Å². The van der Waals surface area contributed by atoms with E-state index in [-0.39, 0.29) is 0 Å². The van der Waals surface area contributed by atoms with Gasteiger partial charge in [-0.25, -0.2) is 0 Å². The Hall–Kier alpha value is -0.0800. The van der Waals surface area contributed by atoms with Crippen LogP contribution in [0.15, 0.2) is 0 Å². The maximum Gasteiger partial charge on any atom is 0.0729 e. The van der Waals surface area contributed by atoms with Crippen molar-refractivity contribution in [1.82, 2.24) is 5.32 Å². The van der Waals surface area contributed by atoms with Crippen LogP contribution in [0.5, 0.6) is 0 Å². The van der Waals surface area contributed by atoms with Crippen LogP contribution >= 0.6 is 0 Å². The van der Waals surface area contributed by atoms with Crippen LogP contribution in [-0.4, -0.2) is 25.3 Å². The highest BCUT2D eigenvalue weighted by Crippen LogP contribution is 2.28. The van der Waals surface area contributed by atoms with E-state index < -0.39 is 0 Å². The molecule has 2 nitrogen and oxygen atoms in total. The van der Waals surface area contributed by atoms with Gasteiger partial charge >= 0.3 is 0 Å². The zero-order chi connectivity index (χ0) is 10.7. The molecule has 0 bridgehead atoms. The summed E-state index contributed by atoms with van der Waals surface area (Å²) in [5, 5.41) is 3.44. The van der Waals surface area contributed by atoms with Crippen molar-refractivity contribution in [1.29, 1.82) is 0 Å². The molecule has 1 N–H and O–H groups in total. The van der Waals surface area contributed by atoms with Crippen LogP contribution in [0.25, 0.3) is 0 Å². The highest BCUT2D eigenvalue weighted by atomic mass is 16.5. The average molecular weight is 211 g/mol. The Labute approximate surface area is 93.8 Å². The molecule has 88 valence electrons. The zero-order valence-electron chi connectivity index (χ0n) is 10.2. The lowest BCUT2D eigenvalue weighted by Crippen LogP contribution is -2.43. The fourth-order valence-electron chi connectivity index (χ4n) is 2.76. The predicted octanol–water partition coefficient (Wildman–Crippen LogP) is 2.58. The molecule has 1 saturated heterocycles. The zero-order valence-corrected chi connectivity index (χ0v) is 10.2. The fraction of sp³-hybridized carbons (Fsp3) is 1.00. The number of rotatable bonds is 2. The summed E-state index contributed by atoms with van der Waals surface area (Å²) in [7, 11) is 0. The molecule has 0 aromatic rings. The van der Waals surface area contributed by atoms with Crippen LogP contribution in [-0.2, 0) is 4.74 Å². The second-order valence-corrected chi connectivity index (χ2v) is 5.53. The van der Waals surface area contributed by atoms with Crippen LogP contribution in [0, 0.1) is 11.8 Å². The lowest BCUT2D eigenvalue weighted by Gasteiger charge is -2.35. The molecule has 1 heterocycles. The molecule has 0 spiro atoms. The second kappa shape index (κ2) is 5.31. The van der Waals surface area contributed by atoms with Crippen LogP contribution < -0.4 is 5.32 Å².